The predicted molar refractivity (Wildman–Crippen MR) is 98.4 cm³/mol. The Morgan fingerprint density at radius 2 is 1.58 bits per heavy atom. The SMILES string of the molecule is Cc1cccc(C)c1-c1cccc(COc2cccc([S+]=O)c2)c1. The molecule has 0 N–H and O–H groups in total. The van der Waals surface area contributed by atoms with Gasteiger partial charge in [-0.2, -0.15) is 0 Å². The molecule has 0 spiro atoms. The number of aryl methyl sites for hydroxylation is 2. The van der Waals surface area contributed by atoms with Crippen LogP contribution in [0.15, 0.2) is 71.6 Å². The lowest BCUT2D eigenvalue weighted by atomic mass is 9.95. The van der Waals surface area contributed by atoms with Crippen molar-refractivity contribution in [2.45, 2.75) is 25.3 Å². The van der Waals surface area contributed by atoms with Crippen molar-refractivity contribution in [2.75, 3.05) is 0 Å². The normalized spacial score (nSPS) is 10.4. The molecule has 0 saturated carbocycles. The lowest BCUT2D eigenvalue weighted by Crippen LogP contribution is -1.96. The van der Waals surface area contributed by atoms with Crippen molar-refractivity contribution in [3.8, 4) is 16.9 Å². The van der Waals surface area contributed by atoms with Gasteiger partial charge < -0.3 is 4.74 Å². The molecule has 0 fully saturated rings. The first-order valence-corrected chi connectivity index (χ1v) is 8.60. The van der Waals surface area contributed by atoms with Gasteiger partial charge in [0.2, 0.25) is 0 Å². The van der Waals surface area contributed by atoms with Crippen LogP contribution in [-0.4, -0.2) is 0 Å². The van der Waals surface area contributed by atoms with E-state index in [1.54, 1.807) is 12.1 Å². The molecule has 0 aliphatic heterocycles. The van der Waals surface area contributed by atoms with E-state index in [0.29, 0.717) is 28.9 Å². The summed E-state index contributed by atoms with van der Waals surface area (Å²) in [6, 6.07) is 22.0. The van der Waals surface area contributed by atoms with Crippen LogP contribution in [0.2, 0.25) is 0 Å². The van der Waals surface area contributed by atoms with Crippen molar-refractivity contribution in [3.05, 3.63) is 83.4 Å². The Hall–Kier alpha value is -2.52. The third-order valence-corrected chi connectivity index (χ3v) is 4.45. The Balaban J connectivity index is 1.82. The summed E-state index contributed by atoms with van der Waals surface area (Å²) in [6.45, 7) is 4.75. The maximum absolute atomic E-state index is 10.9. The maximum Gasteiger partial charge on any atom is 0.505 e. The van der Waals surface area contributed by atoms with Crippen LogP contribution in [0.3, 0.4) is 0 Å². The summed E-state index contributed by atoms with van der Waals surface area (Å²) in [5, 5.41) is 0. The number of ether oxygens (including phenoxy) is 1. The average Bonchev–Trinajstić information content (AvgIpc) is 2.60. The molecule has 3 aromatic carbocycles. The van der Waals surface area contributed by atoms with Gasteiger partial charge in [-0.3, -0.25) is 0 Å². The van der Waals surface area contributed by atoms with Crippen molar-refractivity contribution < 1.29 is 8.95 Å². The Morgan fingerprint density at radius 3 is 2.33 bits per heavy atom. The van der Waals surface area contributed by atoms with Crippen molar-refractivity contribution in [1.29, 1.82) is 0 Å². The van der Waals surface area contributed by atoms with Gasteiger partial charge in [0.15, 0.2) is 0 Å². The Morgan fingerprint density at radius 1 is 0.875 bits per heavy atom. The molecule has 0 aromatic heterocycles. The molecule has 3 rings (SSSR count). The monoisotopic (exact) mass is 335 g/mol. The zero-order chi connectivity index (χ0) is 16.9. The average molecular weight is 335 g/mol. The van der Waals surface area contributed by atoms with Crippen molar-refractivity contribution in [2.24, 2.45) is 0 Å². The summed E-state index contributed by atoms with van der Waals surface area (Å²) < 4.78 is 16.7. The molecule has 0 heterocycles. The van der Waals surface area contributed by atoms with Gasteiger partial charge in [-0.25, -0.2) is 0 Å². The highest BCUT2D eigenvalue weighted by atomic mass is 32.1. The van der Waals surface area contributed by atoms with Gasteiger partial charge in [0.1, 0.15) is 12.4 Å². The summed E-state index contributed by atoms with van der Waals surface area (Å²) in [7, 11) is 0. The predicted octanol–water partition coefficient (Wildman–Crippen LogP) is 5.34. The van der Waals surface area contributed by atoms with Gasteiger partial charge in [0, 0.05) is 10.3 Å². The molecule has 0 saturated heterocycles. The van der Waals surface area contributed by atoms with Gasteiger partial charge in [-0.05, 0) is 53.8 Å². The first-order valence-electron chi connectivity index (χ1n) is 7.85. The van der Waals surface area contributed by atoms with Crippen LogP contribution >= 0.6 is 0 Å². The fourth-order valence-corrected chi connectivity index (χ4v) is 3.17. The topological polar surface area (TPSA) is 26.3 Å². The Bertz CT molecular complexity index is 851. The van der Waals surface area contributed by atoms with Gasteiger partial charge in [0.05, 0.1) is 6.07 Å². The quantitative estimate of drug-likeness (QED) is 0.589. The van der Waals surface area contributed by atoms with Crippen LogP contribution in [0.5, 0.6) is 5.75 Å². The minimum Gasteiger partial charge on any atom is -0.489 e. The lowest BCUT2D eigenvalue weighted by molar-refractivity contribution is 0.305. The Labute approximate surface area is 146 Å². The van der Waals surface area contributed by atoms with Gasteiger partial charge in [-0.15, -0.1) is 0 Å². The van der Waals surface area contributed by atoms with E-state index in [-0.39, 0.29) is 0 Å². The van der Waals surface area contributed by atoms with E-state index in [2.05, 4.69) is 56.3 Å². The number of hydrogen-bond acceptors (Lipinski definition) is 2. The van der Waals surface area contributed by atoms with E-state index in [4.69, 9.17) is 4.74 Å². The minimum absolute atomic E-state index is 0.478. The molecule has 0 aliphatic carbocycles. The molecule has 2 nitrogen and oxygen atoms in total. The van der Waals surface area contributed by atoms with Crippen LogP contribution in [0.25, 0.3) is 11.1 Å². The number of hydrogen-bond donors (Lipinski definition) is 0. The van der Waals surface area contributed by atoms with E-state index in [0.717, 1.165) is 5.56 Å². The molecule has 0 radical (unpaired) electrons. The summed E-state index contributed by atoms with van der Waals surface area (Å²) in [5.74, 6) is 0.716. The zero-order valence-electron chi connectivity index (χ0n) is 13.8. The van der Waals surface area contributed by atoms with Crippen LogP contribution in [-0.2, 0) is 22.5 Å². The van der Waals surface area contributed by atoms with Crippen molar-refractivity contribution >= 4 is 11.7 Å². The molecule has 3 aromatic rings. The fourth-order valence-electron chi connectivity index (χ4n) is 2.87. The second-order valence-electron chi connectivity index (χ2n) is 5.81. The second-order valence-corrected chi connectivity index (χ2v) is 6.45. The summed E-state index contributed by atoms with van der Waals surface area (Å²) in [4.78, 5) is 0.664. The molecule has 0 aliphatic rings. The molecule has 0 amide bonds. The highest BCUT2D eigenvalue weighted by Crippen LogP contribution is 2.28. The van der Waals surface area contributed by atoms with Gasteiger partial charge >= 0.3 is 11.7 Å². The van der Waals surface area contributed by atoms with Crippen LogP contribution in [0.1, 0.15) is 16.7 Å². The van der Waals surface area contributed by atoms with E-state index in [1.165, 1.54) is 22.3 Å². The first-order chi connectivity index (χ1) is 11.7. The molecule has 3 heteroatoms. The van der Waals surface area contributed by atoms with E-state index < -0.39 is 0 Å². The summed E-state index contributed by atoms with van der Waals surface area (Å²) in [5.41, 5.74) is 6.14. The number of benzene rings is 3. The smallest absolute Gasteiger partial charge is 0.489 e. The fraction of sp³-hybridized carbons (Fsp3) is 0.143. The molecule has 0 atom stereocenters. The van der Waals surface area contributed by atoms with Gasteiger partial charge in [-0.1, -0.05) is 42.5 Å². The van der Waals surface area contributed by atoms with E-state index in [1.807, 2.05) is 12.1 Å². The van der Waals surface area contributed by atoms with E-state index >= 15 is 0 Å². The van der Waals surface area contributed by atoms with Gasteiger partial charge in [0.25, 0.3) is 4.90 Å². The molecule has 24 heavy (non-hydrogen) atoms. The zero-order valence-corrected chi connectivity index (χ0v) is 14.6. The third-order valence-electron chi connectivity index (χ3n) is 4.00. The molecule has 0 bridgehead atoms. The van der Waals surface area contributed by atoms with Crippen LogP contribution in [0, 0.1) is 13.8 Å². The summed E-state index contributed by atoms with van der Waals surface area (Å²) in [6.07, 6.45) is 0. The van der Waals surface area contributed by atoms with E-state index in [9.17, 15) is 4.21 Å². The van der Waals surface area contributed by atoms with Crippen molar-refractivity contribution in [3.63, 3.8) is 0 Å². The lowest BCUT2D eigenvalue weighted by Gasteiger charge is -2.12. The maximum atomic E-state index is 10.9. The van der Waals surface area contributed by atoms with Crippen LogP contribution < -0.4 is 4.74 Å². The molecular formula is C21H19O2S+. The van der Waals surface area contributed by atoms with Crippen LogP contribution in [0.4, 0.5) is 0 Å². The standard InChI is InChI=1S/C21H19O2S/c1-15-6-3-7-16(2)21(15)18-9-4-8-17(12-18)14-23-19-10-5-11-20(13-19)24-22/h3-13H,14H2,1-2H3/q+1. The summed E-state index contributed by atoms with van der Waals surface area (Å²) >= 11 is 0.478. The first kappa shape index (κ1) is 16.3. The third kappa shape index (κ3) is 3.69. The Kier molecular flexibility index (Phi) is 5.02. The second kappa shape index (κ2) is 7.37. The van der Waals surface area contributed by atoms with Crippen molar-refractivity contribution in [1.82, 2.24) is 0 Å². The molecule has 0 unspecified atom stereocenters. The highest BCUT2D eigenvalue weighted by molar-refractivity contribution is 7.65. The number of rotatable bonds is 5. The molecule has 120 valence electrons. The minimum atomic E-state index is 0.478. The molecular weight excluding hydrogens is 316 g/mol. The highest BCUT2D eigenvalue weighted by Gasteiger charge is 2.08. The largest absolute Gasteiger partial charge is 0.505 e.